The molecule has 26 heavy (non-hydrogen) atoms. The zero-order valence-corrected chi connectivity index (χ0v) is 16.5. The van der Waals surface area contributed by atoms with Crippen LogP contribution in [0.25, 0.3) is 15.7 Å². The Kier molecular flexibility index (Phi) is 6.07. The highest BCUT2D eigenvalue weighted by atomic mass is 32.2. The molecule has 0 unspecified atom stereocenters. The molecule has 2 heterocycles. The summed E-state index contributed by atoms with van der Waals surface area (Å²) in [5.41, 5.74) is 6.86. The van der Waals surface area contributed by atoms with E-state index in [9.17, 15) is 0 Å². The number of nitrogens with zero attached hydrogens (tertiary/aromatic N) is 6. The van der Waals surface area contributed by atoms with Crippen LogP contribution < -0.4 is 10.5 Å². The zero-order valence-electron chi connectivity index (χ0n) is 14.9. The summed E-state index contributed by atoms with van der Waals surface area (Å²) in [6.45, 7) is 1.71. The lowest BCUT2D eigenvalue weighted by molar-refractivity contribution is 0.281. The first-order valence-electron chi connectivity index (χ1n) is 8.05. The second kappa shape index (κ2) is 8.47. The molecule has 3 rings (SSSR count). The van der Waals surface area contributed by atoms with Gasteiger partial charge in [0, 0.05) is 12.1 Å². The Bertz CT molecular complexity index is 845. The molecule has 0 saturated carbocycles. The van der Waals surface area contributed by atoms with E-state index in [2.05, 4.69) is 39.3 Å². The lowest BCUT2D eigenvalue weighted by atomic mass is 10.2. The van der Waals surface area contributed by atoms with Gasteiger partial charge in [-0.05, 0) is 51.0 Å². The number of ether oxygens (including phenoxy) is 1. The summed E-state index contributed by atoms with van der Waals surface area (Å²) in [7, 11) is 4.11. The van der Waals surface area contributed by atoms with Gasteiger partial charge in [0.15, 0.2) is 0 Å². The maximum absolute atomic E-state index is 5.89. The van der Waals surface area contributed by atoms with E-state index in [4.69, 9.17) is 10.5 Å². The molecule has 1 aromatic carbocycles. The first kappa shape index (κ1) is 18.6. The van der Waals surface area contributed by atoms with Crippen molar-refractivity contribution in [2.75, 3.05) is 39.2 Å². The lowest BCUT2D eigenvalue weighted by Gasteiger charge is -2.10. The van der Waals surface area contributed by atoms with Crippen molar-refractivity contribution in [3.05, 3.63) is 24.3 Å². The van der Waals surface area contributed by atoms with Crippen LogP contribution in [0, 0.1) is 0 Å². The summed E-state index contributed by atoms with van der Waals surface area (Å²) in [6.07, 6.45) is 2.89. The van der Waals surface area contributed by atoms with Crippen molar-refractivity contribution >= 4 is 29.0 Å². The topological polar surface area (TPSA) is 95.0 Å². The van der Waals surface area contributed by atoms with Crippen LogP contribution in [0.5, 0.6) is 5.75 Å². The van der Waals surface area contributed by atoms with Gasteiger partial charge < -0.3 is 15.4 Å². The largest absolute Gasteiger partial charge is 0.494 e. The van der Waals surface area contributed by atoms with Gasteiger partial charge in [0.2, 0.25) is 16.2 Å². The van der Waals surface area contributed by atoms with Gasteiger partial charge in [-0.1, -0.05) is 23.1 Å². The van der Waals surface area contributed by atoms with Crippen LogP contribution in [0.1, 0.15) is 6.42 Å². The Balaban J connectivity index is 1.66. The molecule has 0 bridgehead atoms. The van der Waals surface area contributed by atoms with E-state index in [0.717, 1.165) is 29.3 Å². The third-order valence-electron chi connectivity index (χ3n) is 3.51. The number of nitrogens with two attached hydrogens (primary N) is 1. The van der Waals surface area contributed by atoms with Crippen molar-refractivity contribution in [2.45, 2.75) is 11.6 Å². The molecule has 0 aliphatic carbocycles. The van der Waals surface area contributed by atoms with Gasteiger partial charge in [0.1, 0.15) is 10.8 Å². The number of hydrogen-bond acceptors (Lipinski definition) is 9. The molecule has 0 fully saturated rings. The van der Waals surface area contributed by atoms with Crippen molar-refractivity contribution in [1.82, 2.24) is 29.9 Å². The Morgan fingerprint density at radius 2 is 2.00 bits per heavy atom. The van der Waals surface area contributed by atoms with Gasteiger partial charge in [-0.2, -0.15) is 9.67 Å². The molecule has 2 aromatic heterocycles. The molecule has 8 nitrogen and oxygen atoms in total. The molecule has 0 atom stereocenters. The lowest BCUT2D eigenvalue weighted by Crippen LogP contribution is -2.15. The maximum Gasteiger partial charge on any atom is 0.236 e. The summed E-state index contributed by atoms with van der Waals surface area (Å²) < 4.78 is 7.26. The number of anilines is 1. The molecule has 0 aliphatic rings. The Morgan fingerprint density at radius 3 is 2.65 bits per heavy atom. The predicted octanol–water partition coefficient (Wildman–Crippen LogP) is 2.42. The highest BCUT2D eigenvalue weighted by Gasteiger charge is 2.14. The van der Waals surface area contributed by atoms with E-state index in [-0.39, 0.29) is 0 Å². The van der Waals surface area contributed by atoms with Crippen molar-refractivity contribution in [2.24, 2.45) is 0 Å². The van der Waals surface area contributed by atoms with Crippen LogP contribution in [-0.2, 0) is 0 Å². The molecule has 0 aliphatic heterocycles. The standard InChI is InChI=1S/C16H21N7OS2/c1-22(2)9-4-10-24-12-7-5-11(6-8-12)13-19-20-16(26-13)23-14(17)18-15(21-23)25-3/h5-8H,4,9-10H2,1-3H3,(H2,17,18,21). The fourth-order valence-electron chi connectivity index (χ4n) is 2.21. The number of nitrogen functional groups attached to an aromatic ring is 1. The molecule has 138 valence electrons. The molecule has 0 spiro atoms. The second-order valence-electron chi connectivity index (χ2n) is 5.79. The molecule has 0 radical (unpaired) electrons. The normalized spacial score (nSPS) is 11.2. The molecular weight excluding hydrogens is 370 g/mol. The smallest absolute Gasteiger partial charge is 0.236 e. The van der Waals surface area contributed by atoms with Crippen LogP contribution in [0.3, 0.4) is 0 Å². The summed E-state index contributed by atoms with van der Waals surface area (Å²) in [4.78, 5) is 6.30. The quantitative estimate of drug-likeness (QED) is 0.462. The highest BCUT2D eigenvalue weighted by molar-refractivity contribution is 7.98. The molecule has 2 N–H and O–H groups in total. The van der Waals surface area contributed by atoms with E-state index in [1.54, 1.807) is 0 Å². The number of hydrogen-bond donors (Lipinski definition) is 1. The molecule has 10 heteroatoms. The second-order valence-corrected chi connectivity index (χ2v) is 7.52. The van der Waals surface area contributed by atoms with Crippen LogP contribution >= 0.6 is 23.1 Å². The summed E-state index contributed by atoms with van der Waals surface area (Å²) in [5, 5.41) is 14.7. The minimum atomic E-state index is 0.304. The number of rotatable bonds is 8. The monoisotopic (exact) mass is 391 g/mol. The molecular formula is C16H21N7OS2. The van der Waals surface area contributed by atoms with Gasteiger partial charge in [-0.25, -0.2) is 0 Å². The van der Waals surface area contributed by atoms with Gasteiger partial charge in [-0.3, -0.25) is 0 Å². The Morgan fingerprint density at radius 1 is 1.23 bits per heavy atom. The minimum absolute atomic E-state index is 0.304. The van der Waals surface area contributed by atoms with Gasteiger partial charge in [0.25, 0.3) is 0 Å². The SMILES string of the molecule is CSc1nc(N)n(-c2nnc(-c3ccc(OCCCN(C)C)cc3)s2)n1. The van der Waals surface area contributed by atoms with Crippen LogP contribution in [0.4, 0.5) is 5.95 Å². The van der Waals surface area contributed by atoms with Gasteiger partial charge >= 0.3 is 0 Å². The number of benzene rings is 1. The van der Waals surface area contributed by atoms with Crippen LogP contribution in [0.2, 0.25) is 0 Å². The van der Waals surface area contributed by atoms with E-state index >= 15 is 0 Å². The fourth-order valence-corrected chi connectivity index (χ4v) is 3.37. The van der Waals surface area contributed by atoms with Crippen LogP contribution in [-0.4, -0.2) is 63.4 Å². The van der Waals surface area contributed by atoms with Crippen molar-refractivity contribution in [3.8, 4) is 21.5 Å². The molecule has 0 saturated heterocycles. The summed E-state index contributed by atoms with van der Waals surface area (Å²) in [6, 6.07) is 7.84. The Hall–Kier alpha value is -2.17. The fraction of sp³-hybridized carbons (Fsp3) is 0.375. The first-order valence-corrected chi connectivity index (χ1v) is 10.1. The highest BCUT2D eigenvalue weighted by Crippen LogP contribution is 2.28. The van der Waals surface area contributed by atoms with E-state index < -0.39 is 0 Å². The average Bonchev–Trinajstić information content (AvgIpc) is 3.25. The number of thioether (sulfide) groups is 1. The minimum Gasteiger partial charge on any atom is -0.494 e. The van der Waals surface area contributed by atoms with Crippen molar-refractivity contribution < 1.29 is 4.74 Å². The van der Waals surface area contributed by atoms with Gasteiger partial charge in [-0.15, -0.1) is 15.3 Å². The van der Waals surface area contributed by atoms with Crippen molar-refractivity contribution in [3.63, 3.8) is 0 Å². The van der Waals surface area contributed by atoms with Gasteiger partial charge in [0.05, 0.1) is 6.61 Å². The van der Waals surface area contributed by atoms with E-state index in [0.29, 0.717) is 22.8 Å². The third-order valence-corrected chi connectivity index (χ3v) is 5.00. The van der Waals surface area contributed by atoms with E-state index in [1.807, 2.05) is 30.5 Å². The molecule has 0 amide bonds. The Labute approximate surface area is 160 Å². The summed E-state index contributed by atoms with van der Waals surface area (Å²) in [5.74, 6) is 1.15. The van der Waals surface area contributed by atoms with Crippen LogP contribution in [0.15, 0.2) is 29.4 Å². The predicted molar refractivity (Wildman–Crippen MR) is 105 cm³/mol. The first-order chi connectivity index (χ1) is 12.6. The average molecular weight is 392 g/mol. The number of aromatic nitrogens is 5. The zero-order chi connectivity index (χ0) is 18.5. The van der Waals surface area contributed by atoms with E-state index in [1.165, 1.54) is 27.8 Å². The molecule has 3 aromatic rings. The maximum atomic E-state index is 5.89. The van der Waals surface area contributed by atoms with Crippen molar-refractivity contribution in [1.29, 1.82) is 0 Å². The third kappa shape index (κ3) is 4.51. The summed E-state index contributed by atoms with van der Waals surface area (Å²) >= 11 is 2.84.